The Morgan fingerprint density at radius 1 is 1.21 bits per heavy atom. The van der Waals surface area contributed by atoms with Gasteiger partial charge in [-0.1, -0.05) is 6.92 Å². The lowest BCUT2D eigenvalue weighted by Gasteiger charge is -2.07. The lowest BCUT2D eigenvalue weighted by atomic mass is 10.1. The van der Waals surface area contributed by atoms with Crippen LogP contribution >= 0.6 is 11.3 Å². The van der Waals surface area contributed by atoms with Gasteiger partial charge in [-0.2, -0.15) is 0 Å². The highest BCUT2D eigenvalue weighted by Crippen LogP contribution is 2.24. The Balaban J connectivity index is 1.65. The zero-order valence-corrected chi connectivity index (χ0v) is 16.8. The fourth-order valence-corrected chi connectivity index (χ4v) is 3.82. The maximum atomic E-state index is 13.0. The van der Waals surface area contributed by atoms with Crippen molar-refractivity contribution in [2.24, 2.45) is 0 Å². The number of ether oxygens (including phenoxy) is 1. The molecule has 3 aromatic rings. The average Bonchev–Trinajstić information content (AvgIpc) is 3.27. The molecule has 0 saturated carbocycles. The molecule has 0 radical (unpaired) electrons. The van der Waals surface area contributed by atoms with Crippen molar-refractivity contribution in [3.05, 3.63) is 64.2 Å². The van der Waals surface area contributed by atoms with Gasteiger partial charge < -0.3 is 9.30 Å². The Bertz CT molecular complexity index is 1010. The predicted octanol–water partition coefficient (Wildman–Crippen LogP) is 4.82. The van der Waals surface area contributed by atoms with Gasteiger partial charge in [0.25, 0.3) is 0 Å². The van der Waals surface area contributed by atoms with Crippen LogP contribution in [0.25, 0.3) is 10.6 Å². The van der Waals surface area contributed by atoms with Crippen LogP contribution in [0, 0.1) is 19.7 Å². The summed E-state index contributed by atoms with van der Waals surface area (Å²) in [5.41, 5.74) is 3.31. The standard InChI is InChI=1S/C21H21FN2O3S/c1-4-9-24-13(2)10-17(14(24)3)19(25)11-27-21(26)18-12-28-20(23-18)15-5-7-16(22)8-6-15/h5-8,10,12H,4,9,11H2,1-3H3. The van der Waals surface area contributed by atoms with E-state index in [1.807, 2.05) is 19.9 Å². The topological polar surface area (TPSA) is 61.2 Å². The molecule has 0 amide bonds. The molecule has 5 nitrogen and oxygen atoms in total. The molecule has 1 aromatic carbocycles. The van der Waals surface area contributed by atoms with E-state index in [1.54, 1.807) is 17.5 Å². The fourth-order valence-electron chi connectivity index (χ4n) is 3.03. The van der Waals surface area contributed by atoms with Crippen molar-refractivity contribution in [1.29, 1.82) is 0 Å². The summed E-state index contributed by atoms with van der Waals surface area (Å²) in [7, 11) is 0. The smallest absolute Gasteiger partial charge is 0.358 e. The number of nitrogens with zero attached hydrogens (tertiary/aromatic N) is 2. The molecular formula is C21H21FN2O3S. The number of rotatable bonds is 7. The summed E-state index contributed by atoms with van der Waals surface area (Å²) in [5, 5.41) is 2.15. The Morgan fingerprint density at radius 2 is 1.93 bits per heavy atom. The second kappa shape index (κ2) is 8.48. The van der Waals surface area contributed by atoms with Crippen LogP contribution in [0.4, 0.5) is 4.39 Å². The second-order valence-electron chi connectivity index (χ2n) is 6.48. The van der Waals surface area contributed by atoms with Crippen LogP contribution in [0.5, 0.6) is 0 Å². The number of carbonyl (C=O) groups is 2. The number of Topliss-reactive ketones (excluding diaryl/α,β-unsaturated/α-hetero) is 1. The van der Waals surface area contributed by atoms with Crippen molar-refractivity contribution >= 4 is 23.1 Å². The molecule has 3 rings (SSSR count). The number of carbonyl (C=O) groups excluding carboxylic acids is 2. The van der Waals surface area contributed by atoms with E-state index in [-0.39, 0.29) is 23.9 Å². The van der Waals surface area contributed by atoms with E-state index in [1.165, 1.54) is 23.5 Å². The molecule has 0 saturated heterocycles. The molecule has 146 valence electrons. The monoisotopic (exact) mass is 400 g/mol. The number of halogens is 1. The Morgan fingerprint density at radius 3 is 2.61 bits per heavy atom. The molecule has 2 aromatic heterocycles. The lowest BCUT2D eigenvalue weighted by molar-refractivity contribution is 0.0469. The third kappa shape index (κ3) is 4.20. The third-order valence-electron chi connectivity index (χ3n) is 4.46. The van der Waals surface area contributed by atoms with Gasteiger partial charge in [0, 0.05) is 34.4 Å². The summed E-state index contributed by atoms with van der Waals surface area (Å²) in [5.74, 6) is -1.23. The Kier molecular flexibility index (Phi) is 6.04. The summed E-state index contributed by atoms with van der Waals surface area (Å²) in [6, 6.07) is 7.69. The van der Waals surface area contributed by atoms with Gasteiger partial charge in [-0.05, 0) is 50.6 Å². The molecule has 0 atom stereocenters. The summed E-state index contributed by atoms with van der Waals surface area (Å²) in [6.07, 6.45) is 0.971. The van der Waals surface area contributed by atoms with E-state index < -0.39 is 5.97 Å². The third-order valence-corrected chi connectivity index (χ3v) is 5.35. The highest BCUT2D eigenvalue weighted by molar-refractivity contribution is 7.13. The van der Waals surface area contributed by atoms with Crippen LogP contribution in [-0.4, -0.2) is 27.9 Å². The van der Waals surface area contributed by atoms with Crippen molar-refractivity contribution in [3.63, 3.8) is 0 Å². The molecule has 0 aliphatic heterocycles. The van der Waals surface area contributed by atoms with E-state index >= 15 is 0 Å². The molecule has 2 heterocycles. The molecular weight excluding hydrogens is 379 g/mol. The van der Waals surface area contributed by atoms with E-state index in [0.29, 0.717) is 16.1 Å². The van der Waals surface area contributed by atoms with E-state index in [4.69, 9.17) is 4.74 Å². The first-order valence-corrected chi connectivity index (χ1v) is 9.87. The minimum atomic E-state index is -0.652. The van der Waals surface area contributed by atoms with Crippen LogP contribution in [0.1, 0.15) is 45.6 Å². The molecule has 0 fully saturated rings. The number of aryl methyl sites for hydroxylation is 1. The Hall–Kier alpha value is -2.80. The number of thiazole rings is 1. The molecule has 0 unspecified atom stereocenters. The molecule has 0 N–H and O–H groups in total. The van der Waals surface area contributed by atoms with Gasteiger partial charge in [-0.15, -0.1) is 11.3 Å². The quantitative estimate of drug-likeness (QED) is 0.421. The van der Waals surface area contributed by atoms with Crippen molar-refractivity contribution in [2.45, 2.75) is 33.7 Å². The van der Waals surface area contributed by atoms with Crippen molar-refractivity contribution < 1.29 is 18.7 Å². The zero-order chi connectivity index (χ0) is 20.3. The van der Waals surface area contributed by atoms with Gasteiger partial charge in [-0.3, -0.25) is 4.79 Å². The number of hydrogen-bond acceptors (Lipinski definition) is 5. The number of ketones is 1. The van der Waals surface area contributed by atoms with Gasteiger partial charge in [0.05, 0.1) is 0 Å². The summed E-state index contributed by atoms with van der Waals surface area (Å²) < 4.78 is 20.3. The highest BCUT2D eigenvalue weighted by Gasteiger charge is 2.19. The number of esters is 1. The minimum absolute atomic E-state index is 0.133. The second-order valence-corrected chi connectivity index (χ2v) is 7.34. The predicted molar refractivity (Wildman–Crippen MR) is 106 cm³/mol. The van der Waals surface area contributed by atoms with Crippen LogP contribution < -0.4 is 0 Å². The number of hydrogen-bond donors (Lipinski definition) is 0. The normalized spacial score (nSPS) is 10.9. The maximum Gasteiger partial charge on any atom is 0.358 e. The van der Waals surface area contributed by atoms with Crippen molar-refractivity contribution in [2.75, 3.05) is 6.61 Å². The minimum Gasteiger partial charge on any atom is -0.453 e. The first-order chi connectivity index (χ1) is 13.4. The lowest BCUT2D eigenvalue weighted by Crippen LogP contribution is -2.15. The number of benzene rings is 1. The average molecular weight is 400 g/mol. The maximum absolute atomic E-state index is 13.0. The molecule has 0 spiro atoms. The largest absolute Gasteiger partial charge is 0.453 e. The molecule has 0 aliphatic carbocycles. The van der Waals surface area contributed by atoms with E-state index in [9.17, 15) is 14.0 Å². The molecule has 0 aliphatic rings. The van der Waals surface area contributed by atoms with Crippen LogP contribution in [0.2, 0.25) is 0 Å². The molecule has 7 heteroatoms. The van der Waals surface area contributed by atoms with E-state index in [0.717, 1.165) is 24.4 Å². The van der Waals surface area contributed by atoms with Crippen molar-refractivity contribution in [3.8, 4) is 10.6 Å². The van der Waals surface area contributed by atoms with Crippen LogP contribution in [0.15, 0.2) is 35.7 Å². The molecule has 28 heavy (non-hydrogen) atoms. The van der Waals surface area contributed by atoms with Crippen LogP contribution in [-0.2, 0) is 11.3 Å². The summed E-state index contributed by atoms with van der Waals surface area (Å²) >= 11 is 1.26. The van der Waals surface area contributed by atoms with Gasteiger partial charge in [-0.25, -0.2) is 14.2 Å². The Labute approximate surface area is 166 Å². The van der Waals surface area contributed by atoms with Gasteiger partial charge in [0.2, 0.25) is 5.78 Å². The number of aromatic nitrogens is 2. The summed E-state index contributed by atoms with van der Waals surface area (Å²) in [6.45, 7) is 6.44. The van der Waals surface area contributed by atoms with Gasteiger partial charge in [0.15, 0.2) is 12.3 Å². The zero-order valence-electron chi connectivity index (χ0n) is 16.0. The highest BCUT2D eigenvalue weighted by atomic mass is 32.1. The first kappa shape index (κ1) is 19.9. The fraction of sp³-hybridized carbons (Fsp3) is 0.286. The van der Waals surface area contributed by atoms with Gasteiger partial charge >= 0.3 is 5.97 Å². The summed E-state index contributed by atoms with van der Waals surface area (Å²) in [4.78, 5) is 29.0. The van der Waals surface area contributed by atoms with E-state index in [2.05, 4.69) is 16.5 Å². The van der Waals surface area contributed by atoms with Crippen LogP contribution in [0.3, 0.4) is 0 Å². The molecule has 0 bridgehead atoms. The van der Waals surface area contributed by atoms with Crippen molar-refractivity contribution in [1.82, 2.24) is 9.55 Å². The SMILES string of the molecule is CCCn1c(C)cc(C(=O)COC(=O)c2csc(-c3ccc(F)cc3)n2)c1C. The first-order valence-electron chi connectivity index (χ1n) is 8.99. The van der Waals surface area contributed by atoms with Gasteiger partial charge in [0.1, 0.15) is 10.8 Å².